The van der Waals surface area contributed by atoms with E-state index in [1.54, 1.807) is 0 Å². The van der Waals surface area contributed by atoms with E-state index in [4.69, 9.17) is 17.3 Å². The molecule has 1 aromatic carbocycles. The van der Waals surface area contributed by atoms with Gasteiger partial charge in [0.2, 0.25) is 0 Å². The molecule has 0 unspecified atom stereocenters. The molecule has 0 aliphatic heterocycles. The Morgan fingerprint density at radius 1 is 1.25 bits per heavy atom. The van der Waals surface area contributed by atoms with Gasteiger partial charge in [-0.15, -0.1) is 0 Å². The Hall–Kier alpha value is -0.640. The minimum absolute atomic E-state index is 0.239. The van der Waals surface area contributed by atoms with E-state index >= 15 is 0 Å². The Kier molecular flexibility index (Phi) is 3.56. The summed E-state index contributed by atoms with van der Waals surface area (Å²) in [5.74, 6) is -0.239. The van der Waals surface area contributed by atoms with Crippen molar-refractivity contribution in [2.24, 2.45) is 5.73 Å². The fourth-order valence-electron chi connectivity index (χ4n) is 4.42. The molecule has 110 valence electrons. The van der Waals surface area contributed by atoms with Crippen molar-refractivity contribution in [3.63, 3.8) is 0 Å². The molecule has 2 atom stereocenters. The summed E-state index contributed by atoms with van der Waals surface area (Å²) in [4.78, 5) is 0. The summed E-state index contributed by atoms with van der Waals surface area (Å²) < 4.78 is 14.2. The van der Waals surface area contributed by atoms with Gasteiger partial charge >= 0.3 is 0 Å². The summed E-state index contributed by atoms with van der Waals surface area (Å²) in [6.07, 6.45) is 5.63. The maximum Gasteiger partial charge on any atom is 0.128 e. The molecular formula is C16H21ClFNO. The summed E-state index contributed by atoms with van der Waals surface area (Å²) in [5.41, 5.74) is 6.28. The summed E-state index contributed by atoms with van der Waals surface area (Å²) in [6, 6.07) is 3.23. The van der Waals surface area contributed by atoms with E-state index in [0.29, 0.717) is 30.8 Å². The highest BCUT2D eigenvalue weighted by Crippen LogP contribution is 2.55. The second-order valence-corrected chi connectivity index (χ2v) is 6.71. The molecule has 0 spiro atoms. The Balaban J connectivity index is 2.22. The lowest BCUT2D eigenvalue weighted by Gasteiger charge is -2.54. The number of hydrogen-bond acceptors (Lipinski definition) is 2. The van der Waals surface area contributed by atoms with Gasteiger partial charge in [0.15, 0.2) is 0 Å². The molecule has 20 heavy (non-hydrogen) atoms. The number of aliphatic hydroxyl groups is 1. The van der Waals surface area contributed by atoms with Crippen LogP contribution in [0.25, 0.3) is 0 Å². The summed E-state index contributed by atoms with van der Waals surface area (Å²) >= 11 is 6.07. The highest BCUT2D eigenvalue weighted by atomic mass is 35.5. The SMILES string of the molecule is NCC[C@]12CCCC[C@@]1(O)CCc1c(F)cc(Cl)cc12. The molecular weight excluding hydrogens is 277 g/mol. The van der Waals surface area contributed by atoms with Crippen LogP contribution in [0.2, 0.25) is 5.02 Å². The van der Waals surface area contributed by atoms with Gasteiger partial charge in [-0.05, 0) is 61.9 Å². The molecule has 2 aliphatic rings. The minimum atomic E-state index is -0.755. The average molecular weight is 298 g/mol. The lowest BCUT2D eigenvalue weighted by molar-refractivity contribution is -0.0865. The molecule has 4 heteroatoms. The van der Waals surface area contributed by atoms with Gasteiger partial charge in [-0.1, -0.05) is 24.4 Å². The molecule has 0 aromatic heterocycles. The minimum Gasteiger partial charge on any atom is -0.389 e. The lowest BCUT2D eigenvalue weighted by atomic mass is 9.53. The van der Waals surface area contributed by atoms with Crippen molar-refractivity contribution in [1.82, 2.24) is 0 Å². The van der Waals surface area contributed by atoms with Crippen molar-refractivity contribution in [2.75, 3.05) is 6.54 Å². The number of fused-ring (bicyclic) bond motifs is 3. The highest BCUT2D eigenvalue weighted by Gasteiger charge is 2.55. The average Bonchev–Trinajstić information content (AvgIpc) is 2.39. The molecule has 2 aliphatic carbocycles. The second-order valence-electron chi connectivity index (χ2n) is 6.27. The summed E-state index contributed by atoms with van der Waals surface area (Å²) in [5, 5.41) is 11.6. The van der Waals surface area contributed by atoms with Crippen molar-refractivity contribution in [3.8, 4) is 0 Å². The van der Waals surface area contributed by atoms with E-state index < -0.39 is 11.0 Å². The largest absolute Gasteiger partial charge is 0.389 e. The third-order valence-electron chi connectivity index (χ3n) is 5.37. The summed E-state index contributed by atoms with van der Waals surface area (Å²) in [6.45, 7) is 0.496. The van der Waals surface area contributed by atoms with Crippen LogP contribution < -0.4 is 5.73 Å². The predicted molar refractivity (Wildman–Crippen MR) is 78.5 cm³/mol. The molecule has 0 amide bonds. The van der Waals surface area contributed by atoms with Gasteiger partial charge in [0.1, 0.15) is 5.82 Å². The Labute approximate surface area is 124 Å². The van der Waals surface area contributed by atoms with Crippen LogP contribution in [-0.4, -0.2) is 17.3 Å². The van der Waals surface area contributed by atoms with Crippen molar-refractivity contribution in [1.29, 1.82) is 0 Å². The van der Waals surface area contributed by atoms with Gasteiger partial charge in [0.05, 0.1) is 5.60 Å². The monoisotopic (exact) mass is 297 g/mol. The molecule has 1 fully saturated rings. The highest BCUT2D eigenvalue weighted by molar-refractivity contribution is 6.30. The van der Waals surface area contributed by atoms with Crippen LogP contribution in [-0.2, 0) is 11.8 Å². The van der Waals surface area contributed by atoms with Crippen LogP contribution in [0.1, 0.15) is 49.7 Å². The first-order valence-electron chi connectivity index (χ1n) is 7.43. The first-order chi connectivity index (χ1) is 9.52. The number of hydrogen-bond donors (Lipinski definition) is 2. The maximum atomic E-state index is 14.2. The first-order valence-corrected chi connectivity index (χ1v) is 7.81. The van der Waals surface area contributed by atoms with Crippen LogP contribution >= 0.6 is 11.6 Å². The van der Waals surface area contributed by atoms with Crippen molar-refractivity contribution >= 4 is 11.6 Å². The topological polar surface area (TPSA) is 46.2 Å². The van der Waals surface area contributed by atoms with Crippen molar-refractivity contribution < 1.29 is 9.50 Å². The molecule has 0 radical (unpaired) electrons. The number of rotatable bonds is 2. The van der Waals surface area contributed by atoms with E-state index in [1.165, 1.54) is 6.07 Å². The van der Waals surface area contributed by atoms with Crippen LogP contribution in [0.15, 0.2) is 12.1 Å². The van der Waals surface area contributed by atoms with Gasteiger partial charge in [0, 0.05) is 10.4 Å². The molecule has 0 saturated heterocycles. The third-order valence-corrected chi connectivity index (χ3v) is 5.59. The smallest absolute Gasteiger partial charge is 0.128 e. The van der Waals surface area contributed by atoms with E-state index in [1.807, 2.05) is 6.07 Å². The van der Waals surface area contributed by atoms with E-state index in [2.05, 4.69) is 0 Å². The molecule has 2 nitrogen and oxygen atoms in total. The second kappa shape index (κ2) is 4.97. The number of benzene rings is 1. The molecule has 0 bridgehead atoms. The first kappa shape index (κ1) is 14.3. The zero-order valence-electron chi connectivity index (χ0n) is 11.6. The standard InChI is InChI=1S/C16H21ClFNO/c17-11-9-13-12(14(18)10-11)3-6-16(20)5-2-1-4-15(13,16)7-8-19/h9-10,20H,1-8,19H2/t15-,16+/m0/s1. The van der Waals surface area contributed by atoms with Crippen LogP contribution in [0.3, 0.4) is 0 Å². The molecule has 0 heterocycles. The quantitative estimate of drug-likeness (QED) is 0.879. The van der Waals surface area contributed by atoms with Crippen molar-refractivity contribution in [2.45, 2.75) is 56.0 Å². The number of nitrogens with two attached hydrogens (primary N) is 1. The molecule has 3 N–H and O–H groups in total. The maximum absolute atomic E-state index is 14.2. The van der Waals surface area contributed by atoms with E-state index in [-0.39, 0.29) is 5.82 Å². The van der Waals surface area contributed by atoms with Crippen molar-refractivity contribution in [3.05, 3.63) is 34.1 Å². The van der Waals surface area contributed by atoms with Crippen LogP contribution in [0, 0.1) is 5.82 Å². The molecule has 1 saturated carbocycles. The third kappa shape index (κ3) is 1.91. The normalized spacial score (nSPS) is 32.6. The van der Waals surface area contributed by atoms with Gasteiger partial charge < -0.3 is 10.8 Å². The van der Waals surface area contributed by atoms with Gasteiger partial charge in [-0.3, -0.25) is 0 Å². The zero-order chi connectivity index (χ0) is 14.4. The fourth-order valence-corrected chi connectivity index (χ4v) is 4.63. The predicted octanol–water partition coefficient (Wildman–Crippen LogP) is 3.32. The Bertz CT molecular complexity index is 531. The van der Waals surface area contributed by atoms with Gasteiger partial charge in [0.25, 0.3) is 0 Å². The summed E-state index contributed by atoms with van der Waals surface area (Å²) in [7, 11) is 0. The zero-order valence-corrected chi connectivity index (χ0v) is 12.3. The molecule has 1 aromatic rings. The van der Waals surface area contributed by atoms with E-state index in [0.717, 1.165) is 36.8 Å². The fraction of sp³-hybridized carbons (Fsp3) is 0.625. The van der Waals surface area contributed by atoms with Crippen LogP contribution in [0.5, 0.6) is 0 Å². The number of halogens is 2. The van der Waals surface area contributed by atoms with Crippen LogP contribution in [0.4, 0.5) is 4.39 Å². The van der Waals surface area contributed by atoms with E-state index in [9.17, 15) is 9.50 Å². The Morgan fingerprint density at radius 2 is 2.00 bits per heavy atom. The van der Waals surface area contributed by atoms with Gasteiger partial charge in [-0.2, -0.15) is 0 Å². The lowest BCUT2D eigenvalue weighted by Crippen LogP contribution is -2.57. The van der Waals surface area contributed by atoms with Gasteiger partial charge in [-0.25, -0.2) is 4.39 Å². The Morgan fingerprint density at radius 3 is 2.75 bits per heavy atom. The molecule has 3 rings (SSSR count).